The van der Waals surface area contributed by atoms with Gasteiger partial charge in [-0.1, -0.05) is 30.3 Å². The minimum absolute atomic E-state index is 0.0404. The van der Waals surface area contributed by atoms with Crippen molar-refractivity contribution in [2.45, 2.75) is 25.3 Å². The molecule has 1 fully saturated rings. The Kier molecular flexibility index (Phi) is 4.89. The van der Waals surface area contributed by atoms with Gasteiger partial charge in [0.2, 0.25) is 11.4 Å². The van der Waals surface area contributed by atoms with Crippen LogP contribution in [-0.4, -0.2) is 25.6 Å². The van der Waals surface area contributed by atoms with E-state index in [2.05, 4.69) is 15.3 Å². The number of rotatable bonds is 6. The summed E-state index contributed by atoms with van der Waals surface area (Å²) in [5, 5.41) is 12.3. The average molecular weight is 430 g/mol. The van der Waals surface area contributed by atoms with Crippen LogP contribution in [0.2, 0.25) is 0 Å². The molecule has 7 nitrogen and oxygen atoms in total. The van der Waals surface area contributed by atoms with Crippen LogP contribution in [0.3, 0.4) is 0 Å². The zero-order valence-electron chi connectivity index (χ0n) is 17.0. The lowest BCUT2D eigenvalue weighted by atomic mass is 10.1. The molecule has 2 aromatic heterocycles. The molecule has 8 heteroatoms. The van der Waals surface area contributed by atoms with E-state index in [1.54, 1.807) is 16.8 Å². The summed E-state index contributed by atoms with van der Waals surface area (Å²) >= 11 is 0. The van der Waals surface area contributed by atoms with Gasteiger partial charge in [0.15, 0.2) is 0 Å². The quantitative estimate of drug-likeness (QED) is 0.473. The molecular weight excluding hydrogens is 411 g/mol. The molecule has 1 saturated carbocycles. The molecule has 0 radical (unpaired) electrons. The molecule has 1 aliphatic rings. The van der Waals surface area contributed by atoms with E-state index in [9.17, 15) is 19.1 Å². The Balaban J connectivity index is 1.53. The molecule has 0 amide bonds. The standard InChI is InChI=1S/C24H19FN4O3/c25-19-11-17-21(29(16-6-7-16)13-18(22(17)30)23(31)32)12-20(19)28-24-26-9-8-15(27-24)10-14-4-2-1-3-5-14/h1-5,8-9,11-13,16H,6-7,10H2,(H,31,32)(H,26,27,28). The van der Waals surface area contributed by atoms with Gasteiger partial charge < -0.3 is 15.0 Å². The minimum atomic E-state index is -1.32. The maximum atomic E-state index is 14.9. The molecule has 32 heavy (non-hydrogen) atoms. The average Bonchev–Trinajstić information content (AvgIpc) is 3.61. The van der Waals surface area contributed by atoms with Crippen molar-refractivity contribution in [2.24, 2.45) is 0 Å². The Bertz CT molecular complexity index is 1400. The van der Waals surface area contributed by atoms with Gasteiger partial charge in [0.25, 0.3) is 0 Å². The third-order valence-electron chi connectivity index (χ3n) is 5.48. The molecule has 0 aliphatic heterocycles. The SMILES string of the molecule is O=C(O)c1cn(C2CC2)c2cc(Nc3nccc(Cc4ccccc4)n3)c(F)cc2c1=O. The first kappa shape index (κ1) is 19.9. The van der Waals surface area contributed by atoms with E-state index in [0.29, 0.717) is 11.9 Å². The molecule has 2 heterocycles. The Hall–Kier alpha value is -4.07. The van der Waals surface area contributed by atoms with Crippen LogP contribution in [-0.2, 0) is 6.42 Å². The highest BCUT2D eigenvalue weighted by molar-refractivity contribution is 5.93. The summed E-state index contributed by atoms with van der Waals surface area (Å²) in [6.07, 6.45) is 5.32. The third kappa shape index (κ3) is 3.82. The number of fused-ring (bicyclic) bond motifs is 1. The van der Waals surface area contributed by atoms with E-state index in [1.165, 1.54) is 12.3 Å². The zero-order chi connectivity index (χ0) is 22.2. The second kappa shape index (κ2) is 7.88. The summed E-state index contributed by atoms with van der Waals surface area (Å²) in [6, 6.07) is 14.3. The molecule has 2 aromatic carbocycles. The van der Waals surface area contributed by atoms with Gasteiger partial charge in [-0.05, 0) is 36.6 Å². The Morgan fingerprint density at radius 2 is 1.97 bits per heavy atom. The Morgan fingerprint density at radius 3 is 2.69 bits per heavy atom. The summed E-state index contributed by atoms with van der Waals surface area (Å²) in [6.45, 7) is 0. The maximum Gasteiger partial charge on any atom is 0.341 e. The largest absolute Gasteiger partial charge is 0.477 e. The summed E-state index contributed by atoms with van der Waals surface area (Å²) < 4.78 is 16.6. The smallest absolute Gasteiger partial charge is 0.341 e. The summed E-state index contributed by atoms with van der Waals surface area (Å²) in [7, 11) is 0. The molecule has 160 valence electrons. The van der Waals surface area contributed by atoms with Crippen LogP contribution >= 0.6 is 0 Å². The number of nitrogens with one attached hydrogen (secondary N) is 1. The summed E-state index contributed by atoms with van der Waals surface area (Å²) in [5.41, 5.74) is 1.41. The number of carboxylic acid groups (broad SMARTS) is 1. The van der Waals surface area contributed by atoms with Crippen LogP contribution in [0.1, 0.15) is 40.5 Å². The number of aromatic carboxylic acids is 1. The molecule has 2 N–H and O–H groups in total. The van der Waals surface area contributed by atoms with E-state index in [1.807, 2.05) is 30.3 Å². The molecule has 0 unspecified atom stereocenters. The monoisotopic (exact) mass is 430 g/mol. The lowest BCUT2D eigenvalue weighted by molar-refractivity contribution is 0.0695. The number of benzene rings is 2. The number of hydrogen-bond donors (Lipinski definition) is 2. The van der Waals surface area contributed by atoms with E-state index < -0.39 is 17.2 Å². The molecule has 0 spiro atoms. The van der Waals surface area contributed by atoms with Gasteiger partial charge in [0.05, 0.1) is 16.9 Å². The zero-order valence-corrected chi connectivity index (χ0v) is 17.0. The van der Waals surface area contributed by atoms with Crippen LogP contribution < -0.4 is 10.7 Å². The highest BCUT2D eigenvalue weighted by Gasteiger charge is 2.27. The minimum Gasteiger partial charge on any atom is -0.477 e. The first-order valence-electron chi connectivity index (χ1n) is 10.2. The molecular formula is C24H19FN4O3. The number of nitrogens with zero attached hydrogens (tertiary/aromatic N) is 3. The molecule has 5 rings (SSSR count). The summed E-state index contributed by atoms with van der Waals surface area (Å²) in [4.78, 5) is 32.7. The van der Waals surface area contributed by atoms with Crippen molar-refractivity contribution in [3.63, 3.8) is 0 Å². The number of pyridine rings is 1. The van der Waals surface area contributed by atoms with Crippen LogP contribution in [0.15, 0.2) is 65.7 Å². The van der Waals surface area contributed by atoms with E-state index >= 15 is 0 Å². The topological polar surface area (TPSA) is 97.1 Å². The van der Waals surface area contributed by atoms with Crippen molar-refractivity contribution < 1.29 is 14.3 Å². The second-order valence-electron chi connectivity index (χ2n) is 7.82. The fourth-order valence-electron chi connectivity index (χ4n) is 3.75. The van der Waals surface area contributed by atoms with Gasteiger partial charge in [-0.15, -0.1) is 0 Å². The van der Waals surface area contributed by atoms with Crippen molar-refractivity contribution in [3.05, 3.63) is 93.8 Å². The fourth-order valence-corrected chi connectivity index (χ4v) is 3.75. The lowest BCUT2D eigenvalue weighted by Gasteiger charge is -2.14. The normalized spacial score (nSPS) is 13.3. The first-order chi connectivity index (χ1) is 15.5. The summed E-state index contributed by atoms with van der Waals surface area (Å²) in [5.74, 6) is -1.77. The van der Waals surface area contributed by atoms with Gasteiger partial charge in [-0.25, -0.2) is 19.2 Å². The number of carboxylic acids is 1. The van der Waals surface area contributed by atoms with E-state index in [-0.39, 0.29) is 28.6 Å². The van der Waals surface area contributed by atoms with Crippen LogP contribution in [0, 0.1) is 5.82 Å². The fraction of sp³-hybridized carbons (Fsp3) is 0.167. The second-order valence-corrected chi connectivity index (χ2v) is 7.82. The van der Waals surface area contributed by atoms with Gasteiger partial charge in [-0.2, -0.15) is 0 Å². The molecule has 0 bridgehead atoms. The van der Waals surface area contributed by atoms with Crippen molar-refractivity contribution in [2.75, 3.05) is 5.32 Å². The Morgan fingerprint density at radius 1 is 1.19 bits per heavy atom. The number of carbonyl (C=O) groups is 1. The third-order valence-corrected chi connectivity index (χ3v) is 5.48. The number of anilines is 2. The predicted octanol–water partition coefficient (Wildman–Crippen LogP) is 4.30. The van der Waals surface area contributed by atoms with Crippen molar-refractivity contribution in [1.82, 2.24) is 14.5 Å². The lowest BCUT2D eigenvalue weighted by Crippen LogP contribution is -2.19. The van der Waals surface area contributed by atoms with Crippen molar-refractivity contribution in [1.29, 1.82) is 0 Å². The first-order valence-corrected chi connectivity index (χ1v) is 10.2. The van der Waals surface area contributed by atoms with Crippen LogP contribution in [0.5, 0.6) is 0 Å². The van der Waals surface area contributed by atoms with Crippen molar-refractivity contribution in [3.8, 4) is 0 Å². The van der Waals surface area contributed by atoms with E-state index in [0.717, 1.165) is 30.2 Å². The highest BCUT2D eigenvalue weighted by atomic mass is 19.1. The number of aromatic nitrogens is 3. The van der Waals surface area contributed by atoms with Crippen molar-refractivity contribution >= 4 is 28.5 Å². The van der Waals surface area contributed by atoms with Gasteiger partial charge in [0, 0.05) is 30.2 Å². The molecule has 0 atom stereocenters. The molecule has 1 aliphatic carbocycles. The van der Waals surface area contributed by atoms with Gasteiger partial charge in [-0.3, -0.25) is 4.79 Å². The van der Waals surface area contributed by atoms with Crippen LogP contribution in [0.25, 0.3) is 10.9 Å². The number of halogens is 1. The van der Waals surface area contributed by atoms with Crippen LogP contribution in [0.4, 0.5) is 16.0 Å². The maximum absolute atomic E-state index is 14.9. The Labute approximate surface area is 182 Å². The van der Waals surface area contributed by atoms with E-state index in [4.69, 9.17) is 0 Å². The predicted molar refractivity (Wildman–Crippen MR) is 118 cm³/mol. The molecule has 0 saturated heterocycles. The molecule has 4 aromatic rings. The van der Waals surface area contributed by atoms with Gasteiger partial charge >= 0.3 is 5.97 Å². The number of hydrogen-bond acceptors (Lipinski definition) is 5. The van der Waals surface area contributed by atoms with Gasteiger partial charge in [0.1, 0.15) is 11.4 Å². The highest BCUT2D eigenvalue weighted by Crippen LogP contribution is 2.38.